The van der Waals surface area contributed by atoms with E-state index in [4.69, 9.17) is 22.6 Å². The van der Waals surface area contributed by atoms with Crippen LogP contribution in [0.5, 0.6) is 0 Å². The average Bonchev–Trinajstić information content (AvgIpc) is 2.64. The van der Waals surface area contributed by atoms with Gasteiger partial charge in [0, 0.05) is 12.3 Å². The molecule has 0 aliphatic heterocycles. The molecule has 2 rings (SSSR count). The topological polar surface area (TPSA) is 67.6 Å². The number of benzene rings is 1. The number of nitrogens with zero attached hydrogens (tertiary/aromatic N) is 3. The lowest BCUT2D eigenvalue weighted by atomic mass is 10.2. The van der Waals surface area contributed by atoms with Crippen molar-refractivity contribution < 1.29 is 0 Å². The molecule has 0 amide bonds. The molecule has 0 fully saturated rings. The van der Waals surface area contributed by atoms with Crippen LogP contribution in [-0.2, 0) is 0 Å². The van der Waals surface area contributed by atoms with E-state index >= 15 is 0 Å². The SMILES string of the molecule is N#Cc1ccc(-n2ccc(N)n2)c(Cl)c1. The lowest BCUT2D eigenvalue weighted by Gasteiger charge is -2.03. The molecular formula is C10H7ClN4. The number of rotatable bonds is 1. The van der Waals surface area contributed by atoms with Gasteiger partial charge < -0.3 is 5.73 Å². The van der Waals surface area contributed by atoms with Gasteiger partial charge in [-0.25, -0.2) is 4.68 Å². The fraction of sp³-hybridized carbons (Fsp3) is 0. The quantitative estimate of drug-likeness (QED) is 0.796. The Balaban J connectivity index is 2.51. The van der Waals surface area contributed by atoms with Crippen LogP contribution >= 0.6 is 11.6 Å². The van der Waals surface area contributed by atoms with Crippen LogP contribution in [0.25, 0.3) is 5.69 Å². The van der Waals surface area contributed by atoms with E-state index in [-0.39, 0.29) is 0 Å². The molecule has 5 heteroatoms. The van der Waals surface area contributed by atoms with Crippen molar-refractivity contribution in [3.8, 4) is 11.8 Å². The molecule has 0 unspecified atom stereocenters. The lowest BCUT2D eigenvalue weighted by molar-refractivity contribution is 0.886. The van der Waals surface area contributed by atoms with Crippen LogP contribution in [0.4, 0.5) is 5.82 Å². The van der Waals surface area contributed by atoms with Gasteiger partial charge in [0.15, 0.2) is 0 Å². The molecule has 0 aliphatic rings. The minimum absolute atomic E-state index is 0.426. The number of hydrogen-bond acceptors (Lipinski definition) is 3. The number of hydrogen-bond donors (Lipinski definition) is 1. The summed E-state index contributed by atoms with van der Waals surface area (Å²) < 4.78 is 1.57. The summed E-state index contributed by atoms with van der Waals surface area (Å²) in [6, 6.07) is 8.69. The highest BCUT2D eigenvalue weighted by Gasteiger charge is 2.04. The Kier molecular flexibility index (Phi) is 2.32. The zero-order valence-corrected chi connectivity index (χ0v) is 8.44. The molecule has 2 aromatic rings. The van der Waals surface area contributed by atoms with Crippen LogP contribution in [0, 0.1) is 11.3 Å². The van der Waals surface area contributed by atoms with Gasteiger partial charge in [0.25, 0.3) is 0 Å². The molecule has 0 spiro atoms. The maximum Gasteiger partial charge on any atom is 0.145 e. The molecule has 0 atom stereocenters. The Morgan fingerprint density at radius 1 is 1.40 bits per heavy atom. The van der Waals surface area contributed by atoms with E-state index in [1.54, 1.807) is 35.1 Å². The highest BCUT2D eigenvalue weighted by Crippen LogP contribution is 2.21. The fourth-order valence-corrected chi connectivity index (χ4v) is 1.50. The monoisotopic (exact) mass is 218 g/mol. The summed E-state index contributed by atoms with van der Waals surface area (Å²) in [4.78, 5) is 0. The summed E-state index contributed by atoms with van der Waals surface area (Å²) in [6.07, 6.45) is 1.71. The molecule has 74 valence electrons. The van der Waals surface area contributed by atoms with Crippen LogP contribution in [0.3, 0.4) is 0 Å². The summed E-state index contributed by atoms with van der Waals surface area (Å²) in [6.45, 7) is 0. The van der Waals surface area contributed by atoms with E-state index < -0.39 is 0 Å². The van der Waals surface area contributed by atoms with Crippen LogP contribution in [0.1, 0.15) is 5.56 Å². The molecule has 15 heavy (non-hydrogen) atoms. The standard InChI is InChI=1S/C10H7ClN4/c11-8-5-7(6-12)1-2-9(8)15-4-3-10(13)14-15/h1-5H,(H2,13,14). The molecule has 1 heterocycles. The molecule has 0 saturated heterocycles. The van der Waals surface area contributed by atoms with Crippen molar-refractivity contribution in [3.05, 3.63) is 41.0 Å². The molecule has 0 radical (unpaired) electrons. The Morgan fingerprint density at radius 2 is 2.20 bits per heavy atom. The number of nitriles is 1. The maximum absolute atomic E-state index is 8.68. The summed E-state index contributed by atoms with van der Waals surface area (Å²) in [5.41, 5.74) is 6.71. The maximum atomic E-state index is 8.68. The third-order valence-corrected chi connectivity index (χ3v) is 2.24. The summed E-state index contributed by atoms with van der Waals surface area (Å²) in [7, 11) is 0. The van der Waals surface area contributed by atoms with Gasteiger partial charge in [-0.2, -0.15) is 10.4 Å². The number of nitrogens with two attached hydrogens (primary N) is 1. The number of anilines is 1. The molecule has 1 aromatic carbocycles. The summed E-state index contributed by atoms with van der Waals surface area (Å²) in [5, 5.41) is 13.2. The van der Waals surface area contributed by atoms with Gasteiger partial charge in [-0.1, -0.05) is 11.6 Å². The Labute approximate surface area is 91.5 Å². The second-order valence-corrected chi connectivity index (χ2v) is 3.37. The predicted molar refractivity (Wildman–Crippen MR) is 57.7 cm³/mol. The van der Waals surface area contributed by atoms with Crippen LogP contribution < -0.4 is 5.73 Å². The normalized spacial score (nSPS) is 9.87. The molecule has 0 aliphatic carbocycles. The third-order valence-electron chi connectivity index (χ3n) is 1.93. The predicted octanol–water partition coefficient (Wildman–Crippen LogP) is 1.98. The van der Waals surface area contributed by atoms with E-state index in [9.17, 15) is 0 Å². The second kappa shape index (κ2) is 3.64. The van der Waals surface area contributed by atoms with E-state index in [1.165, 1.54) is 0 Å². The zero-order valence-electron chi connectivity index (χ0n) is 7.68. The van der Waals surface area contributed by atoms with Crippen LogP contribution in [-0.4, -0.2) is 9.78 Å². The fourth-order valence-electron chi connectivity index (χ4n) is 1.23. The van der Waals surface area contributed by atoms with Gasteiger partial charge in [0.1, 0.15) is 5.82 Å². The van der Waals surface area contributed by atoms with Crippen LogP contribution in [0.15, 0.2) is 30.5 Å². The summed E-state index contributed by atoms with van der Waals surface area (Å²) in [5.74, 6) is 0.426. The number of aromatic nitrogens is 2. The van der Waals surface area contributed by atoms with Crippen molar-refractivity contribution in [1.29, 1.82) is 5.26 Å². The van der Waals surface area contributed by atoms with Gasteiger partial charge in [-0.15, -0.1) is 0 Å². The first-order valence-corrected chi connectivity index (χ1v) is 4.59. The van der Waals surface area contributed by atoms with E-state index in [0.29, 0.717) is 22.1 Å². The minimum atomic E-state index is 0.426. The van der Waals surface area contributed by atoms with Gasteiger partial charge in [-0.3, -0.25) is 0 Å². The third kappa shape index (κ3) is 1.78. The van der Waals surface area contributed by atoms with Gasteiger partial charge in [0.05, 0.1) is 22.3 Å². The summed E-state index contributed by atoms with van der Waals surface area (Å²) >= 11 is 6.00. The van der Waals surface area contributed by atoms with Crippen molar-refractivity contribution >= 4 is 17.4 Å². The minimum Gasteiger partial charge on any atom is -0.382 e. The first-order valence-electron chi connectivity index (χ1n) is 4.22. The zero-order chi connectivity index (χ0) is 10.8. The molecule has 2 N–H and O–H groups in total. The van der Waals surface area contributed by atoms with Crippen LogP contribution in [0.2, 0.25) is 5.02 Å². The van der Waals surface area contributed by atoms with Crippen molar-refractivity contribution in [2.75, 3.05) is 5.73 Å². The Hall–Kier alpha value is -1.99. The van der Waals surface area contributed by atoms with E-state index in [1.807, 2.05) is 6.07 Å². The average molecular weight is 219 g/mol. The molecule has 0 saturated carbocycles. The first-order chi connectivity index (χ1) is 7.20. The van der Waals surface area contributed by atoms with Gasteiger partial charge in [-0.05, 0) is 18.2 Å². The van der Waals surface area contributed by atoms with Gasteiger partial charge >= 0.3 is 0 Å². The van der Waals surface area contributed by atoms with Crippen molar-refractivity contribution in [2.45, 2.75) is 0 Å². The van der Waals surface area contributed by atoms with Crippen molar-refractivity contribution in [2.24, 2.45) is 0 Å². The Morgan fingerprint density at radius 3 is 2.73 bits per heavy atom. The lowest BCUT2D eigenvalue weighted by Crippen LogP contribution is -1.97. The van der Waals surface area contributed by atoms with Crippen molar-refractivity contribution in [1.82, 2.24) is 9.78 Å². The molecule has 1 aromatic heterocycles. The highest BCUT2D eigenvalue weighted by molar-refractivity contribution is 6.32. The molecule has 0 bridgehead atoms. The molecule has 4 nitrogen and oxygen atoms in total. The van der Waals surface area contributed by atoms with E-state index in [2.05, 4.69) is 5.10 Å². The largest absolute Gasteiger partial charge is 0.382 e. The van der Waals surface area contributed by atoms with Crippen molar-refractivity contribution in [3.63, 3.8) is 0 Å². The first kappa shape index (κ1) is 9.56. The number of nitrogen functional groups attached to an aromatic ring is 1. The smallest absolute Gasteiger partial charge is 0.145 e. The second-order valence-electron chi connectivity index (χ2n) is 2.96. The highest BCUT2D eigenvalue weighted by atomic mass is 35.5. The van der Waals surface area contributed by atoms with Gasteiger partial charge in [0.2, 0.25) is 0 Å². The van der Waals surface area contributed by atoms with E-state index in [0.717, 1.165) is 0 Å². The Bertz CT molecular complexity index is 539. The molecular weight excluding hydrogens is 212 g/mol. The number of halogens is 1.